The first-order valence-corrected chi connectivity index (χ1v) is 7.63. The zero-order valence-electron chi connectivity index (χ0n) is 11.5. The van der Waals surface area contributed by atoms with Crippen molar-refractivity contribution in [2.75, 3.05) is 7.11 Å². The molecule has 1 aromatic carbocycles. The maximum Gasteiger partial charge on any atom is 0.162 e. The zero-order chi connectivity index (χ0) is 13.8. The third-order valence-electron chi connectivity index (χ3n) is 3.25. The first-order valence-electron chi connectivity index (χ1n) is 6.75. The summed E-state index contributed by atoms with van der Waals surface area (Å²) in [5.41, 5.74) is 3.03. The van der Waals surface area contributed by atoms with Crippen LogP contribution < -0.4 is 14.8 Å². The predicted octanol–water partition coefficient (Wildman–Crippen LogP) is 2.98. The SMILES string of the molecule is COc1ccc(CNC2CC2)cc1OCc1cncs1. The molecule has 1 aliphatic carbocycles. The van der Waals surface area contributed by atoms with Gasteiger partial charge < -0.3 is 14.8 Å². The molecule has 5 heteroatoms. The van der Waals surface area contributed by atoms with Gasteiger partial charge >= 0.3 is 0 Å². The van der Waals surface area contributed by atoms with Gasteiger partial charge in [0.15, 0.2) is 11.5 Å². The van der Waals surface area contributed by atoms with Gasteiger partial charge in [-0.2, -0.15) is 0 Å². The Morgan fingerprint density at radius 2 is 2.25 bits per heavy atom. The van der Waals surface area contributed by atoms with Gasteiger partial charge in [-0.05, 0) is 30.5 Å². The Kier molecular flexibility index (Phi) is 4.18. The van der Waals surface area contributed by atoms with E-state index in [1.54, 1.807) is 18.4 Å². The second-order valence-electron chi connectivity index (χ2n) is 4.90. The molecule has 0 unspecified atom stereocenters. The second-order valence-corrected chi connectivity index (χ2v) is 5.87. The Balaban J connectivity index is 1.66. The van der Waals surface area contributed by atoms with Crippen molar-refractivity contribution >= 4 is 11.3 Å². The average Bonchev–Trinajstić information content (AvgIpc) is 3.17. The Labute approximate surface area is 122 Å². The molecular formula is C15H18N2O2S. The number of nitrogens with one attached hydrogen (secondary N) is 1. The van der Waals surface area contributed by atoms with E-state index in [4.69, 9.17) is 9.47 Å². The van der Waals surface area contributed by atoms with Crippen molar-refractivity contribution in [3.63, 3.8) is 0 Å². The van der Waals surface area contributed by atoms with Crippen LogP contribution in [0, 0.1) is 0 Å². The Hall–Kier alpha value is -1.59. The van der Waals surface area contributed by atoms with Crippen LogP contribution in [-0.4, -0.2) is 18.1 Å². The third kappa shape index (κ3) is 3.49. The average molecular weight is 290 g/mol. The number of hydrogen-bond acceptors (Lipinski definition) is 5. The smallest absolute Gasteiger partial charge is 0.162 e. The van der Waals surface area contributed by atoms with Gasteiger partial charge in [-0.25, -0.2) is 0 Å². The highest BCUT2D eigenvalue weighted by Gasteiger charge is 2.20. The Morgan fingerprint density at radius 1 is 1.35 bits per heavy atom. The van der Waals surface area contributed by atoms with Gasteiger partial charge in [0.2, 0.25) is 0 Å². The molecule has 0 radical (unpaired) electrons. The highest BCUT2D eigenvalue weighted by Crippen LogP contribution is 2.29. The van der Waals surface area contributed by atoms with Crippen molar-refractivity contribution in [3.8, 4) is 11.5 Å². The van der Waals surface area contributed by atoms with Crippen molar-refractivity contribution in [3.05, 3.63) is 40.3 Å². The zero-order valence-corrected chi connectivity index (χ0v) is 12.3. The van der Waals surface area contributed by atoms with Gasteiger partial charge in [0.25, 0.3) is 0 Å². The number of thiazole rings is 1. The van der Waals surface area contributed by atoms with Crippen LogP contribution in [0.25, 0.3) is 0 Å². The van der Waals surface area contributed by atoms with E-state index in [0.29, 0.717) is 12.6 Å². The molecule has 0 spiro atoms. The maximum absolute atomic E-state index is 5.85. The lowest BCUT2D eigenvalue weighted by molar-refractivity contribution is 0.286. The molecular weight excluding hydrogens is 272 g/mol. The van der Waals surface area contributed by atoms with E-state index >= 15 is 0 Å². The summed E-state index contributed by atoms with van der Waals surface area (Å²) in [5.74, 6) is 1.56. The monoisotopic (exact) mass is 290 g/mol. The quantitative estimate of drug-likeness (QED) is 0.851. The number of aromatic nitrogens is 1. The van der Waals surface area contributed by atoms with E-state index < -0.39 is 0 Å². The summed E-state index contributed by atoms with van der Waals surface area (Å²) in [6.07, 6.45) is 4.42. The molecule has 1 heterocycles. The highest BCUT2D eigenvalue weighted by molar-refractivity contribution is 7.09. The molecule has 0 amide bonds. The molecule has 0 saturated heterocycles. The normalized spacial score (nSPS) is 14.2. The van der Waals surface area contributed by atoms with Crippen LogP contribution in [0.1, 0.15) is 23.3 Å². The van der Waals surface area contributed by atoms with E-state index in [2.05, 4.69) is 22.4 Å². The summed E-state index contributed by atoms with van der Waals surface area (Å²) in [7, 11) is 1.66. The van der Waals surface area contributed by atoms with Crippen molar-refractivity contribution in [1.29, 1.82) is 0 Å². The summed E-state index contributed by atoms with van der Waals surface area (Å²) >= 11 is 1.59. The summed E-state index contributed by atoms with van der Waals surface area (Å²) in [6.45, 7) is 1.41. The summed E-state index contributed by atoms with van der Waals surface area (Å²) < 4.78 is 11.2. The molecule has 1 aromatic heterocycles. The molecule has 20 heavy (non-hydrogen) atoms. The van der Waals surface area contributed by atoms with Crippen LogP contribution in [0.2, 0.25) is 0 Å². The molecule has 1 fully saturated rings. The van der Waals surface area contributed by atoms with Crippen LogP contribution in [0.4, 0.5) is 0 Å². The number of ether oxygens (including phenoxy) is 2. The minimum Gasteiger partial charge on any atom is -0.493 e. The van der Waals surface area contributed by atoms with Crippen molar-refractivity contribution in [2.45, 2.75) is 32.0 Å². The third-order valence-corrected chi connectivity index (χ3v) is 4.01. The molecule has 2 aromatic rings. The van der Waals surface area contributed by atoms with E-state index in [0.717, 1.165) is 22.9 Å². The molecule has 4 nitrogen and oxygen atoms in total. The van der Waals surface area contributed by atoms with Crippen molar-refractivity contribution in [2.24, 2.45) is 0 Å². The number of benzene rings is 1. The minimum absolute atomic E-state index is 0.528. The predicted molar refractivity (Wildman–Crippen MR) is 79.3 cm³/mol. The molecule has 1 aliphatic rings. The Bertz CT molecular complexity index is 553. The standard InChI is InChI=1S/C15H18N2O2S/c1-18-14-5-2-11(7-17-12-3-4-12)6-15(14)19-9-13-8-16-10-20-13/h2,5-6,8,10,12,17H,3-4,7,9H2,1H3. The lowest BCUT2D eigenvalue weighted by atomic mass is 10.2. The molecule has 3 rings (SSSR count). The van der Waals surface area contributed by atoms with Gasteiger partial charge in [-0.15, -0.1) is 11.3 Å². The molecule has 0 bridgehead atoms. The summed E-state index contributed by atoms with van der Waals surface area (Å²) in [4.78, 5) is 5.15. The number of nitrogens with zero attached hydrogens (tertiary/aromatic N) is 1. The number of methoxy groups -OCH3 is 1. The van der Waals surface area contributed by atoms with Gasteiger partial charge in [0, 0.05) is 18.8 Å². The van der Waals surface area contributed by atoms with Gasteiger partial charge in [0.1, 0.15) is 6.61 Å². The topological polar surface area (TPSA) is 43.4 Å². The lowest BCUT2D eigenvalue weighted by Crippen LogP contribution is -2.15. The fourth-order valence-electron chi connectivity index (χ4n) is 1.96. The van der Waals surface area contributed by atoms with Crippen LogP contribution in [0.3, 0.4) is 0 Å². The van der Waals surface area contributed by atoms with Crippen LogP contribution in [0.5, 0.6) is 11.5 Å². The summed E-state index contributed by atoms with van der Waals surface area (Å²) in [5, 5.41) is 3.50. The van der Waals surface area contributed by atoms with E-state index in [9.17, 15) is 0 Å². The molecule has 1 saturated carbocycles. The second kappa shape index (κ2) is 6.24. The van der Waals surface area contributed by atoms with Crippen LogP contribution in [0.15, 0.2) is 29.9 Å². The van der Waals surface area contributed by atoms with E-state index in [-0.39, 0.29) is 0 Å². The first-order chi connectivity index (χ1) is 9.85. The number of rotatable bonds is 7. The molecule has 0 aliphatic heterocycles. The fourth-order valence-corrected chi connectivity index (χ4v) is 2.46. The van der Waals surface area contributed by atoms with Crippen LogP contribution >= 0.6 is 11.3 Å². The minimum atomic E-state index is 0.528. The van der Waals surface area contributed by atoms with Crippen LogP contribution in [-0.2, 0) is 13.2 Å². The maximum atomic E-state index is 5.85. The largest absolute Gasteiger partial charge is 0.493 e. The van der Waals surface area contributed by atoms with Crippen molar-refractivity contribution < 1.29 is 9.47 Å². The summed E-state index contributed by atoms with van der Waals surface area (Å²) in [6, 6.07) is 6.80. The van der Waals surface area contributed by atoms with Crippen molar-refractivity contribution in [1.82, 2.24) is 10.3 Å². The Morgan fingerprint density at radius 3 is 2.95 bits per heavy atom. The number of hydrogen-bond donors (Lipinski definition) is 1. The van der Waals surface area contributed by atoms with Gasteiger partial charge in [0.05, 0.1) is 17.5 Å². The molecule has 1 N–H and O–H groups in total. The molecule has 0 atom stereocenters. The van der Waals surface area contributed by atoms with Gasteiger partial charge in [-0.1, -0.05) is 6.07 Å². The van der Waals surface area contributed by atoms with Gasteiger partial charge in [-0.3, -0.25) is 4.98 Å². The van der Waals surface area contributed by atoms with E-state index in [1.165, 1.54) is 18.4 Å². The van der Waals surface area contributed by atoms with E-state index in [1.807, 2.05) is 17.8 Å². The molecule has 106 valence electrons. The highest BCUT2D eigenvalue weighted by atomic mass is 32.1. The fraction of sp³-hybridized carbons (Fsp3) is 0.400. The first kappa shape index (κ1) is 13.4. The lowest BCUT2D eigenvalue weighted by Gasteiger charge is -2.12.